The average Bonchev–Trinajstić information content (AvgIpc) is 2.92. The van der Waals surface area contributed by atoms with Gasteiger partial charge in [-0.1, -0.05) is 26.0 Å². The predicted octanol–water partition coefficient (Wildman–Crippen LogP) is 3.06. The van der Waals surface area contributed by atoms with Crippen molar-refractivity contribution >= 4 is 16.9 Å². The fourth-order valence-electron chi connectivity index (χ4n) is 3.01. The molecule has 1 aliphatic carbocycles. The maximum atomic E-state index is 11.2. The normalized spacial score (nSPS) is 25.0. The van der Waals surface area contributed by atoms with Gasteiger partial charge in [-0.15, -0.1) is 0 Å². The van der Waals surface area contributed by atoms with E-state index in [-0.39, 0.29) is 17.3 Å². The molecule has 1 heterocycles. The number of pyridine rings is 1. The van der Waals surface area contributed by atoms with E-state index < -0.39 is 5.97 Å². The Kier molecular flexibility index (Phi) is 2.21. The fraction of sp³-hybridized carbons (Fsp3) is 0.333. The van der Waals surface area contributed by atoms with Crippen LogP contribution in [-0.2, 0) is 4.79 Å². The van der Waals surface area contributed by atoms with Gasteiger partial charge in [0.2, 0.25) is 0 Å². The number of benzene rings is 1. The number of carbonyl (C=O) groups is 1. The van der Waals surface area contributed by atoms with Gasteiger partial charge in [0.05, 0.1) is 11.4 Å². The first-order valence-electron chi connectivity index (χ1n) is 6.09. The quantitative estimate of drug-likeness (QED) is 0.879. The van der Waals surface area contributed by atoms with E-state index in [1.807, 2.05) is 38.1 Å². The number of hydrogen-bond acceptors (Lipinski definition) is 2. The molecule has 1 fully saturated rings. The van der Waals surface area contributed by atoms with E-state index in [1.54, 1.807) is 6.20 Å². The lowest BCUT2D eigenvalue weighted by molar-refractivity contribution is -0.139. The molecular formula is C15H15NO2. The summed E-state index contributed by atoms with van der Waals surface area (Å²) in [5, 5.41) is 10.3. The topological polar surface area (TPSA) is 50.2 Å². The molecule has 3 rings (SSSR count). The maximum absolute atomic E-state index is 11.2. The fourth-order valence-corrected chi connectivity index (χ4v) is 3.01. The molecule has 2 atom stereocenters. The van der Waals surface area contributed by atoms with Crippen LogP contribution in [0.5, 0.6) is 0 Å². The summed E-state index contributed by atoms with van der Waals surface area (Å²) >= 11 is 0. The van der Waals surface area contributed by atoms with Gasteiger partial charge < -0.3 is 5.11 Å². The van der Waals surface area contributed by atoms with E-state index in [9.17, 15) is 9.90 Å². The van der Waals surface area contributed by atoms with Crippen molar-refractivity contribution in [3.63, 3.8) is 0 Å². The second-order valence-electron chi connectivity index (χ2n) is 5.57. The van der Waals surface area contributed by atoms with Gasteiger partial charge in [-0.05, 0) is 29.2 Å². The van der Waals surface area contributed by atoms with Crippen molar-refractivity contribution in [3.8, 4) is 0 Å². The van der Waals surface area contributed by atoms with Crippen LogP contribution in [0.2, 0.25) is 0 Å². The molecule has 3 heteroatoms. The van der Waals surface area contributed by atoms with Gasteiger partial charge in [0.25, 0.3) is 0 Å². The Morgan fingerprint density at radius 3 is 2.78 bits per heavy atom. The highest BCUT2D eigenvalue weighted by molar-refractivity contribution is 5.81. The van der Waals surface area contributed by atoms with Crippen LogP contribution in [0.1, 0.15) is 25.3 Å². The van der Waals surface area contributed by atoms with E-state index in [1.165, 1.54) is 0 Å². The third-order valence-electron chi connectivity index (χ3n) is 4.08. The number of hydrogen-bond donors (Lipinski definition) is 1. The van der Waals surface area contributed by atoms with Gasteiger partial charge in [0.1, 0.15) is 0 Å². The number of aromatic nitrogens is 1. The molecule has 0 amide bonds. The van der Waals surface area contributed by atoms with Crippen molar-refractivity contribution < 1.29 is 9.90 Å². The molecule has 0 aliphatic heterocycles. The van der Waals surface area contributed by atoms with Crippen LogP contribution in [0.15, 0.2) is 36.5 Å². The summed E-state index contributed by atoms with van der Waals surface area (Å²) in [6.07, 6.45) is 1.77. The van der Waals surface area contributed by atoms with Gasteiger partial charge in [-0.25, -0.2) is 0 Å². The third-order valence-corrected chi connectivity index (χ3v) is 4.08. The van der Waals surface area contributed by atoms with Crippen molar-refractivity contribution in [1.29, 1.82) is 0 Å². The zero-order valence-corrected chi connectivity index (χ0v) is 10.4. The first-order chi connectivity index (χ1) is 8.51. The SMILES string of the molecule is CC1(C)[C@H](C(=O)O)[C@H]1c1ccc2ncccc2c1. The van der Waals surface area contributed by atoms with Gasteiger partial charge in [0, 0.05) is 17.5 Å². The first-order valence-corrected chi connectivity index (χ1v) is 6.09. The van der Waals surface area contributed by atoms with Gasteiger partial charge >= 0.3 is 5.97 Å². The summed E-state index contributed by atoms with van der Waals surface area (Å²) in [5.41, 5.74) is 1.90. The number of aliphatic carboxylic acids is 1. The summed E-state index contributed by atoms with van der Waals surface area (Å²) in [6, 6.07) is 9.95. The van der Waals surface area contributed by atoms with Crippen LogP contribution in [0, 0.1) is 11.3 Å². The summed E-state index contributed by atoms with van der Waals surface area (Å²) in [7, 11) is 0. The van der Waals surface area contributed by atoms with Crippen LogP contribution >= 0.6 is 0 Å². The van der Waals surface area contributed by atoms with Crippen molar-refractivity contribution in [3.05, 3.63) is 42.1 Å². The Morgan fingerprint density at radius 1 is 1.33 bits per heavy atom. The molecule has 2 aromatic rings. The van der Waals surface area contributed by atoms with E-state index in [2.05, 4.69) is 11.1 Å². The zero-order chi connectivity index (χ0) is 12.9. The summed E-state index contributed by atoms with van der Waals surface area (Å²) in [6.45, 7) is 4.04. The standard InChI is InChI=1S/C15H15NO2/c1-15(2)12(13(15)14(17)18)10-5-6-11-9(8-10)4-3-7-16-11/h3-8,12-13H,1-2H3,(H,17,18)/t12-,13+/m1/s1. The van der Waals surface area contributed by atoms with E-state index in [0.29, 0.717) is 0 Å². The Bertz CT molecular complexity index is 633. The lowest BCUT2D eigenvalue weighted by Gasteiger charge is -2.04. The molecule has 1 N–H and O–H groups in total. The molecule has 92 valence electrons. The predicted molar refractivity (Wildman–Crippen MR) is 69.4 cm³/mol. The molecule has 0 radical (unpaired) electrons. The molecule has 1 aromatic carbocycles. The molecule has 1 saturated carbocycles. The van der Waals surface area contributed by atoms with E-state index in [0.717, 1.165) is 16.5 Å². The number of nitrogens with zero attached hydrogens (tertiary/aromatic N) is 1. The molecule has 1 aliphatic rings. The van der Waals surface area contributed by atoms with Gasteiger partial charge in [-0.3, -0.25) is 9.78 Å². The molecule has 1 aromatic heterocycles. The van der Waals surface area contributed by atoms with Crippen LogP contribution in [0.4, 0.5) is 0 Å². The number of carboxylic acids is 1. The highest BCUT2D eigenvalue weighted by Gasteiger charge is 2.62. The van der Waals surface area contributed by atoms with Gasteiger partial charge in [-0.2, -0.15) is 0 Å². The zero-order valence-electron chi connectivity index (χ0n) is 10.4. The van der Waals surface area contributed by atoms with Crippen LogP contribution in [-0.4, -0.2) is 16.1 Å². The number of carboxylic acid groups (broad SMARTS) is 1. The van der Waals surface area contributed by atoms with Crippen molar-refractivity contribution in [2.24, 2.45) is 11.3 Å². The van der Waals surface area contributed by atoms with E-state index >= 15 is 0 Å². The minimum Gasteiger partial charge on any atom is -0.481 e. The van der Waals surface area contributed by atoms with Crippen LogP contribution < -0.4 is 0 Å². The average molecular weight is 241 g/mol. The molecule has 0 saturated heterocycles. The molecule has 18 heavy (non-hydrogen) atoms. The van der Waals surface area contributed by atoms with Crippen LogP contribution in [0.3, 0.4) is 0 Å². The maximum Gasteiger partial charge on any atom is 0.307 e. The number of rotatable bonds is 2. The Balaban J connectivity index is 2.04. The van der Waals surface area contributed by atoms with Gasteiger partial charge in [0.15, 0.2) is 0 Å². The van der Waals surface area contributed by atoms with Crippen molar-refractivity contribution in [2.45, 2.75) is 19.8 Å². The highest BCUT2D eigenvalue weighted by atomic mass is 16.4. The number of fused-ring (bicyclic) bond motifs is 1. The first kappa shape index (κ1) is 11.2. The lowest BCUT2D eigenvalue weighted by atomic mass is 10.0. The lowest BCUT2D eigenvalue weighted by Crippen LogP contribution is -2.03. The Hall–Kier alpha value is -1.90. The summed E-state index contributed by atoms with van der Waals surface area (Å²) in [5.74, 6) is -0.859. The minimum atomic E-state index is -0.698. The highest BCUT2D eigenvalue weighted by Crippen LogP contribution is 2.64. The van der Waals surface area contributed by atoms with Crippen molar-refractivity contribution in [2.75, 3.05) is 0 Å². The Labute approximate surface area is 105 Å². The van der Waals surface area contributed by atoms with Crippen LogP contribution in [0.25, 0.3) is 10.9 Å². The second-order valence-corrected chi connectivity index (χ2v) is 5.57. The molecule has 0 bridgehead atoms. The van der Waals surface area contributed by atoms with E-state index in [4.69, 9.17) is 0 Å². The monoisotopic (exact) mass is 241 g/mol. The second kappa shape index (κ2) is 3.55. The summed E-state index contributed by atoms with van der Waals surface area (Å²) < 4.78 is 0. The minimum absolute atomic E-state index is 0.111. The third kappa shape index (κ3) is 1.50. The molecular weight excluding hydrogens is 226 g/mol. The Morgan fingerprint density at radius 2 is 2.11 bits per heavy atom. The molecule has 0 spiro atoms. The largest absolute Gasteiger partial charge is 0.481 e. The summed E-state index contributed by atoms with van der Waals surface area (Å²) in [4.78, 5) is 15.5. The van der Waals surface area contributed by atoms with Crippen molar-refractivity contribution in [1.82, 2.24) is 4.98 Å². The molecule has 3 nitrogen and oxygen atoms in total. The smallest absolute Gasteiger partial charge is 0.307 e. The molecule has 0 unspecified atom stereocenters.